The summed E-state index contributed by atoms with van der Waals surface area (Å²) in [5.41, 5.74) is 1.92. The molecule has 8 heteroatoms. The molecule has 2 aromatic heterocycles. The molecule has 1 fully saturated rings. The normalized spacial score (nSPS) is 13.3. The highest BCUT2D eigenvalue weighted by atomic mass is 35.5. The number of nitrogens with zero attached hydrogens (tertiary/aromatic N) is 4. The highest BCUT2D eigenvalue weighted by molar-refractivity contribution is 5.92. The molecule has 3 aromatic rings. The number of halogens is 1. The molecular weight excluding hydrogens is 378 g/mol. The fraction of sp³-hybridized carbons (Fsp3) is 0.350. The molecule has 3 heterocycles. The second-order valence-corrected chi connectivity index (χ2v) is 6.51. The van der Waals surface area contributed by atoms with Gasteiger partial charge in [0, 0.05) is 43.5 Å². The summed E-state index contributed by atoms with van der Waals surface area (Å²) in [4.78, 5) is 16.0. The zero-order valence-corrected chi connectivity index (χ0v) is 16.8. The fourth-order valence-corrected chi connectivity index (χ4v) is 3.33. The first-order chi connectivity index (χ1) is 13.3. The topological polar surface area (TPSA) is 72.4 Å². The summed E-state index contributed by atoms with van der Waals surface area (Å²) in [6.07, 6.45) is 5.96. The Morgan fingerprint density at radius 3 is 2.50 bits per heavy atom. The van der Waals surface area contributed by atoms with Crippen LogP contribution in [0, 0.1) is 0 Å². The van der Waals surface area contributed by atoms with Gasteiger partial charge in [-0.1, -0.05) is 6.07 Å². The van der Waals surface area contributed by atoms with Crippen molar-refractivity contribution < 1.29 is 9.47 Å². The first-order valence-electron chi connectivity index (χ1n) is 9.10. The van der Waals surface area contributed by atoms with Gasteiger partial charge in [-0.2, -0.15) is 4.98 Å². The molecule has 7 nitrogen and oxygen atoms in total. The molecule has 0 saturated carbocycles. The molecule has 0 spiro atoms. The molecule has 0 aliphatic carbocycles. The summed E-state index contributed by atoms with van der Waals surface area (Å²) in [5.74, 6) is 2.86. The molecule has 28 heavy (non-hydrogen) atoms. The number of fused-ring (bicyclic) bond motifs is 1. The second kappa shape index (κ2) is 8.93. The van der Waals surface area contributed by atoms with E-state index in [9.17, 15) is 0 Å². The molecule has 1 saturated heterocycles. The number of hydrogen-bond donors (Lipinski definition) is 1. The summed E-state index contributed by atoms with van der Waals surface area (Å²) in [7, 11) is 3.26. The van der Waals surface area contributed by atoms with Gasteiger partial charge in [0.1, 0.15) is 5.82 Å². The predicted octanol–water partition coefficient (Wildman–Crippen LogP) is 3.68. The molecule has 1 aliphatic rings. The Balaban J connectivity index is 0.00000225. The number of hydrogen-bond acceptors (Lipinski definition) is 7. The monoisotopic (exact) mass is 401 g/mol. The van der Waals surface area contributed by atoms with E-state index in [-0.39, 0.29) is 12.4 Å². The van der Waals surface area contributed by atoms with Gasteiger partial charge in [0.15, 0.2) is 11.5 Å². The Morgan fingerprint density at radius 1 is 1.07 bits per heavy atom. The number of anilines is 2. The van der Waals surface area contributed by atoms with E-state index in [4.69, 9.17) is 19.4 Å². The number of rotatable bonds is 6. The van der Waals surface area contributed by atoms with E-state index in [1.54, 1.807) is 20.4 Å². The predicted molar refractivity (Wildman–Crippen MR) is 113 cm³/mol. The molecule has 1 N–H and O–H groups in total. The average molecular weight is 402 g/mol. The van der Waals surface area contributed by atoms with Gasteiger partial charge in [-0.15, -0.1) is 12.4 Å². The maximum absolute atomic E-state index is 5.46. The van der Waals surface area contributed by atoms with Crippen molar-refractivity contribution in [3.05, 3.63) is 42.2 Å². The van der Waals surface area contributed by atoms with E-state index in [0.29, 0.717) is 18.0 Å². The standard InChI is InChI=1S/C20H23N5O2.ClH/c1-26-17-10-15-16(11-18(17)27-2)23-20(25-8-3-4-9-25)24-19(15)22-13-14-6-5-7-21-12-14;/h5-7,10-12H,3-4,8-9,13H2,1-2H3,(H,22,23,24);1H. The van der Waals surface area contributed by atoms with E-state index < -0.39 is 0 Å². The number of ether oxygens (including phenoxy) is 2. The SMILES string of the molecule is COc1cc2nc(N3CCCC3)nc(NCc3cccnc3)c2cc1OC.Cl. The van der Waals surface area contributed by atoms with Gasteiger partial charge >= 0.3 is 0 Å². The van der Waals surface area contributed by atoms with E-state index in [0.717, 1.165) is 41.3 Å². The highest BCUT2D eigenvalue weighted by Crippen LogP contribution is 2.35. The van der Waals surface area contributed by atoms with Gasteiger partial charge in [0.25, 0.3) is 0 Å². The smallest absolute Gasteiger partial charge is 0.227 e. The van der Waals surface area contributed by atoms with Crippen LogP contribution in [0.1, 0.15) is 18.4 Å². The van der Waals surface area contributed by atoms with Crippen molar-refractivity contribution >= 4 is 35.1 Å². The zero-order chi connectivity index (χ0) is 18.6. The Hall–Kier alpha value is -2.80. The molecule has 0 radical (unpaired) electrons. The lowest BCUT2D eigenvalue weighted by molar-refractivity contribution is 0.356. The molecule has 0 atom stereocenters. The Bertz CT molecular complexity index is 933. The molecule has 4 rings (SSSR count). The Kier molecular flexibility index (Phi) is 6.36. The van der Waals surface area contributed by atoms with Crippen LogP contribution < -0.4 is 19.7 Å². The van der Waals surface area contributed by atoms with E-state index >= 15 is 0 Å². The molecule has 1 aromatic carbocycles. The van der Waals surface area contributed by atoms with Crippen LogP contribution in [0.4, 0.5) is 11.8 Å². The molecule has 0 unspecified atom stereocenters. The number of benzene rings is 1. The molecule has 1 aliphatic heterocycles. The quantitative estimate of drug-likeness (QED) is 0.675. The van der Waals surface area contributed by atoms with Gasteiger partial charge < -0.3 is 19.7 Å². The number of nitrogens with one attached hydrogen (secondary N) is 1. The van der Waals surface area contributed by atoms with Gasteiger partial charge in [-0.25, -0.2) is 4.98 Å². The summed E-state index contributed by atoms with van der Waals surface area (Å²) < 4.78 is 10.9. The largest absolute Gasteiger partial charge is 0.493 e. The highest BCUT2D eigenvalue weighted by Gasteiger charge is 2.19. The van der Waals surface area contributed by atoms with Crippen LogP contribution in [-0.2, 0) is 6.54 Å². The Labute approximate surface area is 170 Å². The van der Waals surface area contributed by atoms with Crippen molar-refractivity contribution in [3.63, 3.8) is 0 Å². The number of aromatic nitrogens is 3. The minimum Gasteiger partial charge on any atom is -0.493 e. The van der Waals surface area contributed by atoms with Crippen LogP contribution in [0.25, 0.3) is 10.9 Å². The fourth-order valence-electron chi connectivity index (χ4n) is 3.33. The molecule has 148 valence electrons. The van der Waals surface area contributed by atoms with Crippen molar-refractivity contribution in [1.82, 2.24) is 15.0 Å². The average Bonchev–Trinajstić information content (AvgIpc) is 3.26. The van der Waals surface area contributed by atoms with Crippen LogP contribution in [0.15, 0.2) is 36.7 Å². The van der Waals surface area contributed by atoms with Crippen LogP contribution in [0.3, 0.4) is 0 Å². The number of methoxy groups -OCH3 is 2. The third-order valence-electron chi connectivity index (χ3n) is 4.76. The second-order valence-electron chi connectivity index (χ2n) is 6.51. The van der Waals surface area contributed by atoms with Crippen LogP contribution in [-0.4, -0.2) is 42.3 Å². The van der Waals surface area contributed by atoms with Crippen LogP contribution in [0.2, 0.25) is 0 Å². The van der Waals surface area contributed by atoms with Crippen molar-refractivity contribution in [1.29, 1.82) is 0 Å². The van der Waals surface area contributed by atoms with Crippen LogP contribution >= 0.6 is 12.4 Å². The lowest BCUT2D eigenvalue weighted by Crippen LogP contribution is -2.21. The van der Waals surface area contributed by atoms with E-state index in [1.807, 2.05) is 30.5 Å². The summed E-state index contributed by atoms with van der Waals surface area (Å²) in [6, 6.07) is 7.80. The maximum Gasteiger partial charge on any atom is 0.227 e. The Morgan fingerprint density at radius 2 is 1.82 bits per heavy atom. The third-order valence-corrected chi connectivity index (χ3v) is 4.76. The zero-order valence-electron chi connectivity index (χ0n) is 16.0. The van der Waals surface area contributed by atoms with Gasteiger partial charge in [0.05, 0.1) is 19.7 Å². The number of pyridine rings is 1. The molecule has 0 bridgehead atoms. The van der Waals surface area contributed by atoms with Crippen molar-refractivity contribution in [2.24, 2.45) is 0 Å². The first-order valence-corrected chi connectivity index (χ1v) is 9.10. The molecular formula is C20H24ClN5O2. The lowest BCUT2D eigenvalue weighted by atomic mass is 10.2. The molecule has 0 amide bonds. The summed E-state index contributed by atoms with van der Waals surface area (Å²) in [5, 5.41) is 4.34. The van der Waals surface area contributed by atoms with Gasteiger partial charge in [-0.05, 0) is 30.5 Å². The van der Waals surface area contributed by atoms with Crippen molar-refractivity contribution in [3.8, 4) is 11.5 Å². The van der Waals surface area contributed by atoms with E-state index in [2.05, 4.69) is 15.2 Å². The van der Waals surface area contributed by atoms with Crippen molar-refractivity contribution in [2.75, 3.05) is 37.5 Å². The minimum atomic E-state index is 0. The maximum atomic E-state index is 5.46. The third kappa shape index (κ3) is 4.04. The summed E-state index contributed by atoms with van der Waals surface area (Å²) in [6.45, 7) is 2.61. The van der Waals surface area contributed by atoms with E-state index in [1.165, 1.54) is 12.8 Å². The lowest BCUT2D eigenvalue weighted by Gasteiger charge is -2.19. The first kappa shape index (κ1) is 19.9. The van der Waals surface area contributed by atoms with Gasteiger partial charge in [0.2, 0.25) is 5.95 Å². The summed E-state index contributed by atoms with van der Waals surface area (Å²) >= 11 is 0. The van der Waals surface area contributed by atoms with Crippen molar-refractivity contribution in [2.45, 2.75) is 19.4 Å². The minimum absolute atomic E-state index is 0. The van der Waals surface area contributed by atoms with Gasteiger partial charge in [-0.3, -0.25) is 4.98 Å². The van der Waals surface area contributed by atoms with Crippen LogP contribution in [0.5, 0.6) is 11.5 Å².